The van der Waals surface area contributed by atoms with Crippen LogP contribution in [-0.4, -0.2) is 29.4 Å². The van der Waals surface area contributed by atoms with Crippen LogP contribution >= 0.6 is 0 Å². The highest BCUT2D eigenvalue weighted by Crippen LogP contribution is 2.31. The maximum Gasteiger partial charge on any atom is 0.285 e. The minimum atomic E-state index is -4.25. The number of aromatic nitrogens is 3. The number of halogens is 2. The molecule has 0 bridgehead atoms. The van der Waals surface area contributed by atoms with E-state index in [4.69, 9.17) is 0 Å². The van der Waals surface area contributed by atoms with Gasteiger partial charge in [-0.05, 0) is 50.2 Å². The average Bonchev–Trinajstić information content (AvgIpc) is 2.95. The summed E-state index contributed by atoms with van der Waals surface area (Å²) in [6.07, 6.45) is 3.78. The lowest BCUT2D eigenvalue weighted by Crippen LogP contribution is -2.16. The second-order valence-corrected chi connectivity index (χ2v) is 7.86. The lowest BCUT2D eigenvalue weighted by atomic mass is 10.2. The Morgan fingerprint density at radius 3 is 2.56 bits per heavy atom. The molecule has 142 valence electrons. The SMILES string of the molecule is CNCc1cn(S(=O)(=O)c2cc(C)c(C)cn2)c(-c2cccnc2F)c1F. The largest absolute Gasteiger partial charge is 0.316 e. The van der Waals surface area contributed by atoms with Gasteiger partial charge in [-0.1, -0.05) is 0 Å². The Bertz CT molecular complexity index is 1110. The molecule has 0 atom stereocenters. The molecule has 3 aromatic heterocycles. The highest BCUT2D eigenvalue weighted by atomic mass is 32.2. The Morgan fingerprint density at radius 2 is 1.93 bits per heavy atom. The van der Waals surface area contributed by atoms with Gasteiger partial charge < -0.3 is 5.32 Å². The summed E-state index contributed by atoms with van der Waals surface area (Å²) in [5.74, 6) is -1.79. The molecule has 0 fully saturated rings. The Morgan fingerprint density at radius 1 is 1.19 bits per heavy atom. The summed E-state index contributed by atoms with van der Waals surface area (Å²) in [6, 6.07) is 4.10. The van der Waals surface area contributed by atoms with Crippen LogP contribution in [0.15, 0.2) is 41.8 Å². The first kappa shape index (κ1) is 19.1. The molecule has 0 saturated carbocycles. The molecule has 0 aromatic carbocycles. The molecule has 0 aliphatic rings. The number of aryl methyl sites for hydroxylation is 2. The van der Waals surface area contributed by atoms with Gasteiger partial charge in [-0.25, -0.2) is 18.3 Å². The van der Waals surface area contributed by atoms with Gasteiger partial charge in [-0.2, -0.15) is 12.8 Å². The summed E-state index contributed by atoms with van der Waals surface area (Å²) in [7, 11) is -2.65. The fourth-order valence-electron chi connectivity index (χ4n) is 2.65. The van der Waals surface area contributed by atoms with Crippen molar-refractivity contribution < 1.29 is 17.2 Å². The van der Waals surface area contributed by atoms with E-state index in [1.807, 2.05) is 0 Å². The molecule has 3 aromatic rings. The van der Waals surface area contributed by atoms with Crippen molar-refractivity contribution in [2.45, 2.75) is 25.4 Å². The summed E-state index contributed by atoms with van der Waals surface area (Å²) >= 11 is 0. The average molecular weight is 392 g/mol. The van der Waals surface area contributed by atoms with Crippen molar-refractivity contribution >= 4 is 10.0 Å². The van der Waals surface area contributed by atoms with Crippen LogP contribution < -0.4 is 5.32 Å². The molecule has 27 heavy (non-hydrogen) atoms. The van der Waals surface area contributed by atoms with Crippen LogP contribution in [0.25, 0.3) is 11.3 Å². The number of nitrogens with zero attached hydrogens (tertiary/aromatic N) is 3. The van der Waals surface area contributed by atoms with E-state index in [1.165, 1.54) is 30.6 Å². The van der Waals surface area contributed by atoms with Gasteiger partial charge in [0.05, 0.1) is 5.56 Å². The van der Waals surface area contributed by atoms with E-state index in [9.17, 15) is 17.2 Å². The second kappa shape index (κ2) is 7.16. The topological polar surface area (TPSA) is 76.9 Å². The van der Waals surface area contributed by atoms with Crippen molar-refractivity contribution in [3.63, 3.8) is 0 Å². The quantitative estimate of drug-likeness (QED) is 0.676. The van der Waals surface area contributed by atoms with Crippen LogP contribution in [0, 0.1) is 25.6 Å². The normalized spacial score (nSPS) is 11.7. The highest BCUT2D eigenvalue weighted by molar-refractivity contribution is 7.90. The maximum absolute atomic E-state index is 15.0. The molecule has 9 heteroatoms. The lowest BCUT2D eigenvalue weighted by molar-refractivity contribution is 0.573. The zero-order valence-electron chi connectivity index (χ0n) is 15.0. The molecule has 6 nitrogen and oxygen atoms in total. The fraction of sp³-hybridized carbons (Fsp3) is 0.222. The summed E-state index contributed by atoms with van der Waals surface area (Å²) in [6.45, 7) is 3.62. The van der Waals surface area contributed by atoms with Crippen molar-refractivity contribution in [1.82, 2.24) is 19.3 Å². The summed E-state index contributed by atoms with van der Waals surface area (Å²) in [5.41, 5.74) is 0.974. The Kier molecular flexibility index (Phi) is 5.07. The van der Waals surface area contributed by atoms with Crippen molar-refractivity contribution in [2.24, 2.45) is 0 Å². The van der Waals surface area contributed by atoms with Gasteiger partial charge in [0.25, 0.3) is 10.0 Å². The molecular formula is C18H18F2N4O2S. The first-order valence-electron chi connectivity index (χ1n) is 8.11. The predicted molar refractivity (Wildman–Crippen MR) is 96.6 cm³/mol. The molecule has 0 amide bonds. The van der Waals surface area contributed by atoms with Gasteiger partial charge in [0.2, 0.25) is 5.95 Å². The van der Waals surface area contributed by atoms with Gasteiger partial charge in [-0.15, -0.1) is 0 Å². The van der Waals surface area contributed by atoms with Crippen molar-refractivity contribution in [3.05, 3.63) is 65.2 Å². The van der Waals surface area contributed by atoms with Crippen LogP contribution in [0.4, 0.5) is 8.78 Å². The number of nitrogens with one attached hydrogen (secondary N) is 1. The maximum atomic E-state index is 15.0. The first-order chi connectivity index (χ1) is 12.8. The number of hydrogen-bond acceptors (Lipinski definition) is 5. The zero-order chi connectivity index (χ0) is 19.8. The van der Waals surface area contributed by atoms with Crippen LogP contribution in [0.5, 0.6) is 0 Å². The van der Waals surface area contributed by atoms with Gasteiger partial charge in [0, 0.05) is 30.7 Å². The van der Waals surface area contributed by atoms with Gasteiger partial charge in [-0.3, -0.25) is 0 Å². The molecule has 3 rings (SSSR count). The number of rotatable bonds is 5. The van der Waals surface area contributed by atoms with E-state index in [2.05, 4.69) is 15.3 Å². The second-order valence-electron chi connectivity index (χ2n) is 6.10. The molecule has 0 aliphatic carbocycles. The Balaban J connectivity index is 2.30. The van der Waals surface area contributed by atoms with Crippen molar-refractivity contribution in [1.29, 1.82) is 0 Å². The molecule has 0 saturated heterocycles. The fourth-order valence-corrected chi connectivity index (χ4v) is 4.05. The van der Waals surface area contributed by atoms with Crippen LogP contribution in [0.3, 0.4) is 0 Å². The highest BCUT2D eigenvalue weighted by Gasteiger charge is 2.29. The van der Waals surface area contributed by atoms with E-state index in [0.717, 1.165) is 21.3 Å². The summed E-state index contributed by atoms with van der Waals surface area (Å²) in [4.78, 5) is 7.47. The minimum Gasteiger partial charge on any atom is -0.316 e. The van der Waals surface area contributed by atoms with Crippen LogP contribution in [0.1, 0.15) is 16.7 Å². The Labute approximate surface area is 156 Å². The van der Waals surface area contributed by atoms with Crippen LogP contribution in [-0.2, 0) is 16.6 Å². The smallest absolute Gasteiger partial charge is 0.285 e. The minimum absolute atomic E-state index is 0.0730. The van der Waals surface area contributed by atoms with Gasteiger partial charge in [0.15, 0.2) is 10.8 Å². The standard InChI is InChI=1S/C18H18F2N4O2S/c1-11-7-15(23-8-12(11)2)27(25,26)24-10-13(9-21-3)16(19)17(24)14-5-4-6-22-18(14)20/h4-8,10,21H,9H2,1-3H3. The van der Waals surface area contributed by atoms with Gasteiger partial charge in [0.1, 0.15) is 5.69 Å². The molecule has 0 unspecified atom stereocenters. The molecule has 3 heterocycles. The van der Waals surface area contributed by atoms with E-state index < -0.39 is 27.5 Å². The zero-order valence-corrected chi connectivity index (χ0v) is 15.8. The van der Waals surface area contributed by atoms with E-state index in [-0.39, 0.29) is 22.7 Å². The van der Waals surface area contributed by atoms with E-state index >= 15 is 0 Å². The van der Waals surface area contributed by atoms with E-state index in [0.29, 0.717) is 0 Å². The third-order valence-corrected chi connectivity index (χ3v) is 5.79. The molecule has 0 radical (unpaired) electrons. The summed E-state index contributed by atoms with van der Waals surface area (Å²) < 4.78 is 56.2. The summed E-state index contributed by atoms with van der Waals surface area (Å²) in [5, 5.41) is 2.52. The first-order valence-corrected chi connectivity index (χ1v) is 9.55. The predicted octanol–water partition coefficient (Wildman–Crippen LogP) is 2.80. The number of pyridine rings is 2. The lowest BCUT2D eigenvalue weighted by Gasteiger charge is -2.11. The van der Waals surface area contributed by atoms with Crippen molar-refractivity contribution in [2.75, 3.05) is 7.05 Å². The monoisotopic (exact) mass is 392 g/mol. The molecular weight excluding hydrogens is 374 g/mol. The van der Waals surface area contributed by atoms with Crippen LogP contribution in [0.2, 0.25) is 0 Å². The van der Waals surface area contributed by atoms with E-state index in [1.54, 1.807) is 20.9 Å². The Hall–Kier alpha value is -2.65. The third-order valence-electron chi connectivity index (χ3n) is 4.24. The van der Waals surface area contributed by atoms with Crippen molar-refractivity contribution in [3.8, 4) is 11.3 Å². The third kappa shape index (κ3) is 3.35. The number of hydrogen-bond donors (Lipinski definition) is 1. The molecule has 1 N–H and O–H groups in total. The molecule has 0 spiro atoms. The van der Waals surface area contributed by atoms with Gasteiger partial charge >= 0.3 is 0 Å². The molecule has 0 aliphatic heterocycles.